The lowest BCUT2D eigenvalue weighted by molar-refractivity contribution is -0.138. The van der Waals surface area contributed by atoms with Crippen LogP contribution in [0.4, 0.5) is 0 Å². The van der Waals surface area contributed by atoms with Crippen LogP contribution >= 0.6 is 0 Å². The molecule has 4 heteroatoms. The third-order valence-electron chi connectivity index (χ3n) is 2.79. The van der Waals surface area contributed by atoms with E-state index in [0.29, 0.717) is 6.47 Å². The highest BCUT2D eigenvalue weighted by molar-refractivity contribution is 5.37. The number of ether oxygens (including phenoxy) is 1. The lowest BCUT2D eigenvalue weighted by atomic mass is 10.1. The number of hydrogen-bond donors (Lipinski definition) is 1. The molecule has 0 spiro atoms. The molecule has 0 aliphatic carbocycles. The molecule has 0 radical (unpaired) electrons. The van der Waals surface area contributed by atoms with Crippen LogP contribution in [0, 0.1) is 0 Å². The average molecular weight is 259 g/mol. The molecule has 1 aliphatic heterocycles. The fraction of sp³-hybridized carbons (Fsp3) is 0.929. The molecule has 1 fully saturated rings. The van der Waals surface area contributed by atoms with Gasteiger partial charge in [-0.3, -0.25) is 4.79 Å². The zero-order chi connectivity index (χ0) is 14.0. The number of carbonyl (C=O) groups is 1. The lowest BCUT2D eigenvalue weighted by Crippen LogP contribution is -2.36. The minimum Gasteiger partial charge on any atom is -0.462 e. The van der Waals surface area contributed by atoms with Gasteiger partial charge < -0.3 is 14.7 Å². The molecule has 0 saturated carbocycles. The van der Waals surface area contributed by atoms with Crippen molar-refractivity contribution in [1.29, 1.82) is 0 Å². The number of rotatable bonds is 4. The molecule has 1 heterocycles. The third-order valence-corrected chi connectivity index (χ3v) is 2.79. The van der Waals surface area contributed by atoms with Crippen molar-refractivity contribution in [2.45, 2.75) is 65.1 Å². The third kappa shape index (κ3) is 10.5. The first-order valence-corrected chi connectivity index (χ1v) is 6.91. The van der Waals surface area contributed by atoms with Crippen molar-refractivity contribution >= 4 is 6.47 Å². The van der Waals surface area contributed by atoms with E-state index in [-0.39, 0.29) is 11.7 Å². The number of hydrogen-bond acceptors (Lipinski definition) is 4. The molecule has 1 saturated heterocycles. The molecular formula is C14H29NO3. The normalized spacial score (nSPS) is 17.8. The zero-order valence-electron chi connectivity index (χ0n) is 12.3. The summed E-state index contributed by atoms with van der Waals surface area (Å²) in [4.78, 5) is 12.1. The van der Waals surface area contributed by atoms with E-state index in [9.17, 15) is 9.90 Å². The van der Waals surface area contributed by atoms with Crippen LogP contribution in [0.3, 0.4) is 0 Å². The Bertz CT molecular complexity index is 203. The van der Waals surface area contributed by atoms with Gasteiger partial charge in [0.15, 0.2) is 0 Å². The van der Waals surface area contributed by atoms with Gasteiger partial charge in [-0.25, -0.2) is 0 Å². The van der Waals surface area contributed by atoms with Gasteiger partial charge in [-0.2, -0.15) is 0 Å². The summed E-state index contributed by atoms with van der Waals surface area (Å²) in [6, 6.07) is 0. The fourth-order valence-corrected chi connectivity index (χ4v) is 1.67. The van der Waals surface area contributed by atoms with Gasteiger partial charge in [0.2, 0.25) is 0 Å². The quantitative estimate of drug-likeness (QED) is 0.786. The number of likely N-dealkylation sites (tertiary alicyclic amines) is 1. The molecule has 108 valence electrons. The SMILES string of the molecule is CC(C)(C)OC=O.CCCCN1CCC(O)CC1. The molecule has 0 aromatic rings. The van der Waals surface area contributed by atoms with Gasteiger partial charge in [0.25, 0.3) is 6.47 Å². The Hall–Kier alpha value is -0.610. The van der Waals surface area contributed by atoms with Crippen molar-refractivity contribution < 1.29 is 14.6 Å². The van der Waals surface area contributed by atoms with Gasteiger partial charge >= 0.3 is 0 Å². The minimum atomic E-state index is -0.318. The molecule has 0 aromatic carbocycles. The molecule has 4 nitrogen and oxygen atoms in total. The van der Waals surface area contributed by atoms with Crippen LogP contribution in [0.25, 0.3) is 0 Å². The maximum atomic E-state index is 9.60. The second-order valence-corrected chi connectivity index (χ2v) is 5.75. The van der Waals surface area contributed by atoms with Gasteiger partial charge in [-0.05, 0) is 46.6 Å². The number of nitrogens with zero attached hydrogens (tertiary/aromatic N) is 1. The Labute approximate surface area is 111 Å². The topological polar surface area (TPSA) is 49.8 Å². The summed E-state index contributed by atoms with van der Waals surface area (Å²) in [7, 11) is 0. The van der Waals surface area contributed by atoms with E-state index in [0.717, 1.165) is 25.9 Å². The highest BCUT2D eigenvalue weighted by Gasteiger charge is 2.15. The molecule has 0 amide bonds. The Morgan fingerprint density at radius 3 is 2.22 bits per heavy atom. The summed E-state index contributed by atoms with van der Waals surface area (Å²) in [6.07, 6.45) is 4.51. The van der Waals surface area contributed by atoms with Crippen molar-refractivity contribution in [2.75, 3.05) is 19.6 Å². The largest absolute Gasteiger partial charge is 0.462 e. The van der Waals surface area contributed by atoms with E-state index in [2.05, 4.69) is 16.6 Å². The first kappa shape index (κ1) is 17.4. The zero-order valence-corrected chi connectivity index (χ0v) is 12.3. The summed E-state index contributed by atoms with van der Waals surface area (Å²) >= 11 is 0. The summed E-state index contributed by atoms with van der Waals surface area (Å²) in [5, 5.41) is 9.23. The highest BCUT2D eigenvalue weighted by atomic mass is 16.5. The number of piperidine rings is 1. The standard InChI is InChI=1S/C9H19NO.C5H10O2/c1-2-3-6-10-7-4-9(11)5-8-10;1-5(2,3)7-4-6/h9,11H,2-8H2,1H3;4H,1-3H3. The van der Waals surface area contributed by atoms with E-state index < -0.39 is 0 Å². The molecule has 0 unspecified atom stereocenters. The Balaban J connectivity index is 0.000000360. The summed E-state index contributed by atoms with van der Waals surface area (Å²) in [5.74, 6) is 0. The van der Waals surface area contributed by atoms with Crippen LogP contribution in [0.1, 0.15) is 53.4 Å². The lowest BCUT2D eigenvalue weighted by Gasteiger charge is -2.29. The van der Waals surface area contributed by atoms with E-state index in [1.54, 1.807) is 0 Å². The van der Waals surface area contributed by atoms with Crippen LogP contribution in [-0.2, 0) is 9.53 Å². The Morgan fingerprint density at radius 2 is 1.89 bits per heavy atom. The van der Waals surface area contributed by atoms with Crippen LogP contribution in [0.15, 0.2) is 0 Å². The van der Waals surface area contributed by atoms with Crippen molar-refractivity contribution in [3.63, 3.8) is 0 Å². The van der Waals surface area contributed by atoms with E-state index >= 15 is 0 Å². The van der Waals surface area contributed by atoms with Crippen LogP contribution in [-0.4, -0.2) is 47.8 Å². The number of aliphatic hydroxyl groups is 1. The summed E-state index contributed by atoms with van der Waals surface area (Å²) in [5.41, 5.74) is -0.318. The van der Waals surface area contributed by atoms with Crippen molar-refractivity contribution in [3.8, 4) is 0 Å². The van der Waals surface area contributed by atoms with Crippen LogP contribution < -0.4 is 0 Å². The molecule has 1 N–H and O–H groups in total. The molecule has 18 heavy (non-hydrogen) atoms. The second-order valence-electron chi connectivity index (χ2n) is 5.75. The predicted molar refractivity (Wildman–Crippen MR) is 73.5 cm³/mol. The molecule has 1 aliphatic rings. The smallest absolute Gasteiger partial charge is 0.293 e. The van der Waals surface area contributed by atoms with Gasteiger partial charge in [0, 0.05) is 13.1 Å². The van der Waals surface area contributed by atoms with Crippen molar-refractivity contribution in [3.05, 3.63) is 0 Å². The van der Waals surface area contributed by atoms with Crippen molar-refractivity contribution in [2.24, 2.45) is 0 Å². The molecule has 0 aromatic heterocycles. The maximum absolute atomic E-state index is 9.60. The first-order chi connectivity index (χ1) is 8.39. The molecule has 0 bridgehead atoms. The summed E-state index contributed by atoms with van der Waals surface area (Å²) < 4.78 is 4.55. The number of unbranched alkanes of at least 4 members (excludes halogenated alkanes) is 1. The first-order valence-electron chi connectivity index (χ1n) is 6.91. The second kappa shape index (κ2) is 9.34. The highest BCUT2D eigenvalue weighted by Crippen LogP contribution is 2.10. The molecule has 0 atom stereocenters. The molecular weight excluding hydrogens is 230 g/mol. The number of aliphatic hydroxyl groups excluding tert-OH is 1. The van der Waals surface area contributed by atoms with Gasteiger partial charge in [0.1, 0.15) is 5.60 Å². The number of carbonyl (C=O) groups excluding carboxylic acids is 1. The van der Waals surface area contributed by atoms with Gasteiger partial charge in [-0.15, -0.1) is 0 Å². The Kier molecular flexibility index (Phi) is 9.02. The van der Waals surface area contributed by atoms with Crippen LogP contribution in [0.2, 0.25) is 0 Å². The van der Waals surface area contributed by atoms with E-state index in [4.69, 9.17) is 0 Å². The van der Waals surface area contributed by atoms with Gasteiger partial charge in [0.05, 0.1) is 6.10 Å². The van der Waals surface area contributed by atoms with Gasteiger partial charge in [-0.1, -0.05) is 13.3 Å². The molecule has 1 rings (SSSR count). The van der Waals surface area contributed by atoms with Crippen LogP contribution in [0.5, 0.6) is 0 Å². The monoisotopic (exact) mass is 259 g/mol. The van der Waals surface area contributed by atoms with E-state index in [1.807, 2.05) is 20.8 Å². The fourth-order valence-electron chi connectivity index (χ4n) is 1.67. The average Bonchev–Trinajstić information content (AvgIpc) is 2.28. The Morgan fingerprint density at radius 1 is 1.33 bits per heavy atom. The van der Waals surface area contributed by atoms with E-state index in [1.165, 1.54) is 19.4 Å². The summed E-state index contributed by atoms with van der Waals surface area (Å²) in [6.45, 7) is 11.6. The minimum absolute atomic E-state index is 0.0205. The van der Waals surface area contributed by atoms with Crippen molar-refractivity contribution in [1.82, 2.24) is 4.90 Å². The maximum Gasteiger partial charge on any atom is 0.293 e. The predicted octanol–water partition coefficient (Wildman–Crippen LogP) is 2.20.